The lowest BCUT2D eigenvalue weighted by Gasteiger charge is -1.99. The molecule has 1 unspecified atom stereocenters. The first-order valence-corrected chi connectivity index (χ1v) is 2.95. The fraction of sp³-hybridized carbons (Fsp3) is 0.500. The van der Waals surface area contributed by atoms with Crippen molar-refractivity contribution in [2.24, 2.45) is 0 Å². The molecule has 0 saturated heterocycles. The molecule has 1 atom stereocenters. The maximum Gasteiger partial charge on any atom is 0.322 e. The van der Waals surface area contributed by atoms with E-state index in [0.717, 1.165) is 0 Å². The largest absolute Gasteiger partial charge is 0.437 e. The summed E-state index contributed by atoms with van der Waals surface area (Å²) in [5.74, 6) is -1.05. The van der Waals surface area contributed by atoms with Gasteiger partial charge in [0, 0.05) is 0 Å². The van der Waals surface area contributed by atoms with Gasteiger partial charge in [0.1, 0.15) is 5.88 Å². The van der Waals surface area contributed by atoms with E-state index in [-0.39, 0.29) is 5.88 Å². The maximum absolute atomic E-state index is 10.2. The molecule has 0 aromatic rings. The Morgan fingerprint density at radius 1 is 1.78 bits per heavy atom. The molecule has 0 heterocycles. The molecule has 0 aliphatic rings. The van der Waals surface area contributed by atoms with Crippen LogP contribution in [0, 0.1) is 0 Å². The molecule has 3 nitrogen and oxygen atoms in total. The summed E-state index contributed by atoms with van der Waals surface area (Å²) in [6, 6.07) is 0. The zero-order chi connectivity index (χ0) is 7.28. The molecule has 51 valence electrons. The lowest BCUT2D eigenvalue weighted by atomic mass is 10.7. The monoisotopic (exact) mass is 169 g/mol. The molecule has 0 aromatic heterocycles. The highest BCUT2D eigenvalue weighted by atomic mass is 35.5. The molecular formula is C4H3Cl2O3. The smallest absolute Gasteiger partial charge is 0.322 e. The van der Waals surface area contributed by atoms with E-state index >= 15 is 0 Å². The second-order valence-corrected chi connectivity index (χ2v) is 1.72. The van der Waals surface area contributed by atoms with E-state index in [1.165, 1.54) is 6.29 Å². The van der Waals surface area contributed by atoms with Gasteiger partial charge in [-0.3, -0.25) is 9.59 Å². The molecule has 0 spiro atoms. The van der Waals surface area contributed by atoms with Crippen LogP contribution >= 0.6 is 23.2 Å². The second kappa shape index (κ2) is 4.58. The first-order chi connectivity index (χ1) is 4.20. The molecule has 0 rings (SSSR count). The summed E-state index contributed by atoms with van der Waals surface area (Å²) in [6.07, 6.45) is 1.24. The molecule has 0 bridgehead atoms. The minimum Gasteiger partial charge on any atom is -0.437 e. The summed E-state index contributed by atoms with van der Waals surface area (Å²) in [5, 5.41) is 0. The van der Waals surface area contributed by atoms with Crippen LogP contribution in [0.1, 0.15) is 0 Å². The zero-order valence-corrected chi connectivity index (χ0v) is 5.78. The van der Waals surface area contributed by atoms with Crippen LogP contribution in [-0.4, -0.2) is 23.7 Å². The van der Waals surface area contributed by atoms with Gasteiger partial charge in [-0.15, -0.1) is 11.6 Å². The number of carbonyl (C=O) groups excluding carboxylic acids is 2. The summed E-state index contributed by atoms with van der Waals surface area (Å²) in [6.45, 7) is 0. The molecule has 0 saturated carbocycles. The highest BCUT2D eigenvalue weighted by Gasteiger charge is 2.08. The standard InChI is InChI=1S/C4H3Cl2O3/c5-1-4(8)9-3(6)2-7/h3H,1H2. The number of ether oxygens (including phenoxy) is 1. The number of halogens is 2. The summed E-state index contributed by atoms with van der Waals surface area (Å²) in [7, 11) is 0. The van der Waals surface area contributed by atoms with Crippen molar-refractivity contribution in [1.82, 2.24) is 0 Å². The average Bonchev–Trinajstić information content (AvgIpc) is 1.87. The number of alkyl halides is 2. The van der Waals surface area contributed by atoms with Gasteiger partial charge in [0.2, 0.25) is 5.56 Å². The van der Waals surface area contributed by atoms with Gasteiger partial charge in [0.05, 0.1) is 0 Å². The third-order valence-corrected chi connectivity index (χ3v) is 0.833. The lowest BCUT2D eigenvalue weighted by Crippen LogP contribution is -2.14. The molecule has 0 amide bonds. The Kier molecular flexibility index (Phi) is 4.44. The van der Waals surface area contributed by atoms with E-state index in [9.17, 15) is 9.59 Å². The molecule has 1 radical (unpaired) electrons. The first-order valence-electron chi connectivity index (χ1n) is 1.98. The van der Waals surface area contributed by atoms with Crippen molar-refractivity contribution >= 4 is 35.5 Å². The number of hydrogen-bond donors (Lipinski definition) is 0. The predicted octanol–water partition coefficient (Wildman–Crippen LogP) is 0.443. The van der Waals surface area contributed by atoms with Gasteiger partial charge >= 0.3 is 5.97 Å². The quantitative estimate of drug-likeness (QED) is 0.456. The molecule has 0 aromatic carbocycles. The Labute approximate surface area is 61.9 Å². The highest BCUT2D eigenvalue weighted by Crippen LogP contribution is 1.94. The van der Waals surface area contributed by atoms with Crippen LogP contribution < -0.4 is 0 Å². The van der Waals surface area contributed by atoms with E-state index in [1.807, 2.05) is 0 Å². The van der Waals surface area contributed by atoms with Crippen LogP contribution in [0.4, 0.5) is 0 Å². The Morgan fingerprint density at radius 2 is 2.33 bits per heavy atom. The normalized spacial score (nSPS) is 12.2. The SMILES string of the molecule is O=[C]C(Cl)OC(=O)CCl. The molecular weight excluding hydrogens is 167 g/mol. The minimum atomic E-state index is -1.34. The Balaban J connectivity index is 3.46. The molecule has 9 heavy (non-hydrogen) atoms. The molecule has 5 heteroatoms. The van der Waals surface area contributed by atoms with Crippen LogP contribution in [0.25, 0.3) is 0 Å². The van der Waals surface area contributed by atoms with E-state index in [4.69, 9.17) is 23.2 Å². The van der Waals surface area contributed by atoms with Gasteiger partial charge in [-0.1, -0.05) is 11.6 Å². The molecule has 0 N–H and O–H groups in total. The fourth-order valence-corrected chi connectivity index (χ4v) is 0.333. The van der Waals surface area contributed by atoms with E-state index < -0.39 is 11.5 Å². The first kappa shape index (κ1) is 8.72. The molecule has 0 aliphatic heterocycles. The fourth-order valence-electron chi connectivity index (χ4n) is 0.171. The van der Waals surface area contributed by atoms with Crippen molar-refractivity contribution in [2.75, 3.05) is 5.88 Å². The van der Waals surface area contributed by atoms with Crippen molar-refractivity contribution in [2.45, 2.75) is 5.56 Å². The Morgan fingerprint density at radius 3 is 2.67 bits per heavy atom. The third kappa shape index (κ3) is 4.24. The second-order valence-electron chi connectivity index (χ2n) is 1.06. The van der Waals surface area contributed by atoms with E-state index in [2.05, 4.69) is 4.74 Å². The van der Waals surface area contributed by atoms with Crippen molar-refractivity contribution in [1.29, 1.82) is 0 Å². The van der Waals surface area contributed by atoms with Crippen molar-refractivity contribution in [3.05, 3.63) is 0 Å². The van der Waals surface area contributed by atoms with Crippen molar-refractivity contribution in [3.63, 3.8) is 0 Å². The summed E-state index contributed by atoms with van der Waals surface area (Å²) < 4.78 is 4.12. The van der Waals surface area contributed by atoms with Crippen molar-refractivity contribution in [3.8, 4) is 0 Å². The minimum absolute atomic E-state index is 0.315. The van der Waals surface area contributed by atoms with Gasteiger partial charge in [-0.05, 0) is 0 Å². The van der Waals surface area contributed by atoms with Crippen LogP contribution in [0.3, 0.4) is 0 Å². The number of esters is 1. The van der Waals surface area contributed by atoms with Crippen LogP contribution in [-0.2, 0) is 14.3 Å². The summed E-state index contributed by atoms with van der Waals surface area (Å²) in [4.78, 5) is 19.7. The van der Waals surface area contributed by atoms with Crippen molar-refractivity contribution < 1.29 is 14.3 Å². The Hall–Kier alpha value is -0.280. The van der Waals surface area contributed by atoms with Gasteiger partial charge in [-0.2, -0.15) is 0 Å². The van der Waals surface area contributed by atoms with Crippen LogP contribution in [0.5, 0.6) is 0 Å². The Bertz CT molecular complexity index is 114. The van der Waals surface area contributed by atoms with Crippen LogP contribution in [0.2, 0.25) is 0 Å². The third-order valence-electron chi connectivity index (χ3n) is 0.437. The van der Waals surface area contributed by atoms with E-state index in [1.54, 1.807) is 0 Å². The molecule has 0 fully saturated rings. The lowest BCUT2D eigenvalue weighted by molar-refractivity contribution is -0.140. The highest BCUT2D eigenvalue weighted by molar-refractivity contribution is 6.29. The maximum atomic E-state index is 10.2. The van der Waals surface area contributed by atoms with Gasteiger partial charge < -0.3 is 4.74 Å². The summed E-state index contributed by atoms with van der Waals surface area (Å²) >= 11 is 10.0. The predicted molar refractivity (Wildman–Crippen MR) is 32.1 cm³/mol. The zero-order valence-electron chi connectivity index (χ0n) is 4.27. The van der Waals surface area contributed by atoms with Gasteiger partial charge in [0.25, 0.3) is 6.29 Å². The number of carbonyl (C=O) groups is 1. The number of rotatable bonds is 3. The van der Waals surface area contributed by atoms with Gasteiger partial charge in [0.15, 0.2) is 0 Å². The van der Waals surface area contributed by atoms with Crippen LogP contribution in [0.15, 0.2) is 0 Å². The average molecular weight is 170 g/mol. The van der Waals surface area contributed by atoms with E-state index in [0.29, 0.717) is 0 Å². The summed E-state index contributed by atoms with van der Waals surface area (Å²) in [5.41, 5.74) is -1.34. The molecule has 0 aliphatic carbocycles. The topological polar surface area (TPSA) is 43.4 Å². The van der Waals surface area contributed by atoms with Gasteiger partial charge in [-0.25, -0.2) is 0 Å². The number of hydrogen-bond acceptors (Lipinski definition) is 3.